The first-order chi connectivity index (χ1) is 9.60. The molecule has 0 atom stereocenters. The highest BCUT2D eigenvalue weighted by Gasteiger charge is 2.08. The Kier molecular flexibility index (Phi) is 4.63. The van der Waals surface area contributed by atoms with Crippen LogP contribution in [-0.4, -0.2) is 17.7 Å². The predicted molar refractivity (Wildman–Crippen MR) is 81.0 cm³/mol. The van der Waals surface area contributed by atoms with Gasteiger partial charge >= 0.3 is 5.97 Å². The molecule has 0 aliphatic carbocycles. The van der Waals surface area contributed by atoms with E-state index >= 15 is 0 Å². The monoisotopic (exact) mass is 291 g/mol. The second-order valence-electron chi connectivity index (χ2n) is 4.39. The van der Waals surface area contributed by atoms with Crippen LogP contribution in [0.3, 0.4) is 0 Å². The Morgan fingerprint density at radius 2 is 2.20 bits per heavy atom. The number of carboxylic acid groups (broad SMARTS) is 1. The van der Waals surface area contributed by atoms with Gasteiger partial charge in [-0.3, -0.25) is 0 Å². The number of aromatic carboxylic acids is 1. The van der Waals surface area contributed by atoms with Crippen LogP contribution in [0.25, 0.3) is 0 Å². The molecule has 5 heteroatoms. The zero-order chi connectivity index (χ0) is 14.5. The Morgan fingerprint density at radius 1 is 1.40 bits per heavy atom. The minimum Gasteiger partial charge on any atom is -0.492 e. The van der Waals surface area contributed by atoms with Gasteiger partial charge in [-0.05, 0) is 37.6 Å². The van der Waals surface area contributed by atoms with Gasteiger partial charge in [0.05, 0.1) is 17.9 Å². The van der Waals surface area contributed by atoms with Gasteiger partial charge in [-0.25, -0.2) is 4.79 Å². The smallest absolute Gasteiger partial charge is 0.336 e. The first kappa shape index (κ1) is 14.4. The second kappa shape index (κ2) is 6.43. The first-order valence-corrected chi connectivity index (χ1v) is 7.26. The van der Waals surface area contributed by atoms with Gasteiger partial charge < -0.3 is 15.2 Å². The average Bonchev–Trinajstić information content (AvgIpc) is 2.87. The fourth-order valence-electron chi connectivity index (χ4n) is 1.82. The Balaban J connectivity index is 2.07. The van der Waals surface area contributed by atoms with E-state index in [1.807, 2.05) is 32.0 Å². The van der Waals surface area contributed by atoms with Crippen molar-refractivity contribution in [1.29, 1.82) is 0 Å². The lowest BCUT2D eigenvalue weighted by Gasteiger charge is -2.12. The first-order valence-electron chi connectivity index (χ1n) is 6.38. The van der Waals surface area contributed by atoms with E-state index in [1.165, 1.54) is 11.3 Å². The molecule has 0 radical (unpaired) electrons. The maximum Gasteiger partial charge on any atom is 0.336 e. The quantitative estimate of drug-likeness (QED) is 0.850. The molecule has 1 aromatic heterocycles. The normalized spacial score (nSPS) is 10.3. The third kappa shape index (κ3) is 3.51. The fourth-order valence-corrected chi connectivity index (χ4v) is 2.62. The molecule has 0 amide bonds. The summed E-state index contributed by atoms with van der Waals surface area (Å²) in [5, 5.41) is 13.8. The lowest BCUT2D eigenvalue weighted by molar-refractivity contribution is 0.0697. The lowest BCUT2D eigenvalue weighted by Crippen LogP contribution is -2.02. The van der Waals surface area contributed by atoms with Crippen molar-refractivity contribution >= 4 is 23.0 Å². The number of aryl methyl sites for hydroxylation is 1. The number of hydrogen-bond donors (Lipinski definition) is 2. The summed E-state index contributed by atoms with van der Waals surface area (Å²) in [6.45, 7) is 5.16. The molecule has 4 nitrogen and oxygen atoms in total. The summed E-state index contributed by atoms with van der Waals surface area (Å²) in [6.07, 6.45) is 0. The number of ether oxygens (including phenoxy) is 1. The van der Waals surface area contributed by atoms with Gasteiger partial charge in [-0.15, -0.1) is 11.3 Å². The van der Waals surface area contributed by atoms with Crippen molar-refractivity contribution in [2.75, 3.05) is 11.9 Å². The van der Waals surface area contributed by atoms with E-state index in [9.17, 15) is 4.79 Å². The molecule has 0 saturated carbocycles. The molecule has 2 aromatic rings. The van der Waals surface area contributed by atoms with Crippen LogP contribution >= 0.6 is 11.3 Å². The number of carboxylic acids is 1. The summed E-state index contributed by atoms with van der Waals surface area (Å²) < 4.78 is 5.60. The van der Waals surface area contributed by atoms with Crippen LogP contribution in [0.2, 0.25) is 0 Å². The molecule has 0 aliphatic rings. The third-order valence-electron chi connectivity index (χ3n) is 2.79. The maximum atomic E-state index is 10.8. The van der Waals surface area contributed by atoms with Crippen molar-refractivity contribution in [2.24, 2.45) is 0 Å². The maximum absolute atomic E-state index is 10.8. The van der Waals surface area contributed by atoms with Crippen molar-refractivity contribution in [3.05, 3.63) is 45.6 Å². The Morgan fingerprint density at radius 3 is 2.85 bits per heavy atom. The SMILES string of the molecule is CCOc1cc(C)ccc1NCc1cc(C(=O)O)cs1. The molecular weight excluding hydrogens is 274 g/mol. The molecule has 0 spiro atoms. The molecule has 0 saturated heterocycles. The summed E-state index contributed by atoms with van der Waals surface area (Å²) >= 11 is 1.44. The minimum absolute atomic E-state index is 0.334. The van der Waals surface area contributed by atoms with Gasteiger partial charge in [0.1, 0.15) is 5.75 Å². The number of rotatable bonds is 6. The molecule has 1 heterocycles. The predicted octanol–water partition coefficient (Wildman–Crippen LogP) is 3.77. The molecule has 0 bridgehead atoms. The minimum atomic E-state index is -0.891. The van der Waals surface area contributed by atoms with Crippen LogP contribution in [0.5, 0.6) is 5.75 Å². The van der Waals surface area contributed by atoms with Gasteiger partial charge in [0, 0.05) is 16.8 Å². The number of carbonyl (C=O) groups is 1. The van der Waals surface area contributed by atoms with Gasteiger partial charge in [-0.1, -0.05) is 6.07 Å². The van der Waals surface area contributed by atoms with E-state index in [-0.39, 0.29) is 0 Å². The van der Waals surface area contributed by atoms with Gasteiger partial charge in [0.25, 0.3) is 0 Å². The number of nitrogens with one attached hydrogen (secondary N) is 1. The highest BCUT2D eigenvalue weighted by molar-refractivity contribution is 7.10. The number of anilines is 1. The van der Waals surface area contributed by atoms with Crippen molar-refractivity contribution in [3.63, 3.8) is 0 Å². The number of hydrogen-bond acceptors (Lipinski definition) is 4. The van der Waals surface area contributed by atoms with E-state index < -0.39 is 5.97 Å². The molecule has 1 aromatic carbocycles. The second-order valence-corrected chi connectivity index (χ2v) is 5.39. The number of benzene rings is 1. The molecule has 0 unspecified atom stereocenters. The van der Waals surface area contributed by atoms with E-state index in [4.69, 9.17) is 9.84 Å². The zero-order valence-corrected chi connectivity index (χ0v) is 12.3. The Labute approximate surface area is 122 Å². The third-order valence-corrected chi connectivity index (χ3v) is 3.73. The van der Waals surface area contributed by atoms with Crippen LogP contribution in [0, 0.1) is 6.92 Å². The fraction of sp³-hybridized carbons (Fsp3) is 0.267. The van der Waals surface area contributed by atoms with Crippen LogP contribution in [0.15, 0.2) is 29.6 Å². The average molecular weight is 291 g/mol. The molecular formula is C15H17NO3S. The molecule has 106 valence electrons. The Hall–Kier alpha value is -2.01. The molecule has 20 heavy (non-hydrogen) atoms. The molecule has 0 aliphatic heterocycles. The summed E-state index contributed by atoms with van der Waals surface area (Å²) in [5.74, 6) is -0.0691. The van der Waals surface area contributed by atoms with Crippen molar-refractivity contribution in [1.82, 2.24) is 0 Å². The number of thiophene rings is 1. The lowest BCUT2D eigenvalue weighted by atomic mass is 10.2. The van der Waals surface area contributed by atoms with Crippen LogP contribution in [-0.2, 0) is 6.54 Å². The standard InChI is InChI=1S/C15H17NO3S/c1-3-19-14-6-10(2)4-5-13(14)16-8-12-7-11(9-20-12)15(17)18/h4-7,9,16H,3,8H2,1-2H3,(H,17,18). The van der Waals surface area contributed by atoms with Gasteiger partial charge in [-0.2, -0.15) is 0 Å². The van der Waals surface area contributed by atoms with E-state index in [0.717, 1.165) is 21.9 Å². The molecule has 2 N–H and O–H groups in total. The summed E-state index contributed by atoms with van der Waals surface area (Å²) in [4.78, 5) is 11.8. The summed E-state index contributed by atoms with van der Waals surface area (Å²) in [7, 11) is 0. The van der Waals surface area contributed by atoms with Crippen molar-refractivity contribution < 1.29 is 14.6 Å². The topological polar surface area (TPSA) is 58.6 Å². The molecule has 2 rings (SSSR count). The molecule has 0 fully saturated rings. The largest absolute Gasteiger partial charge is 0.492 e. The van der Waals surface area contributed by atoms with Crippen LogP contribution in [0.1, 0.15) is 27.7 Å². The van der Waals surface area contributed by atoms with Crippen molar-refractivity contribution in [3.8, 4) is 5.75 Å². The highest BCUT2D eigenvalue weighted by Crippen LogP contribution is 2.27. The van der Waals surface area contributed by atoms with E-state index in [2.05, 4.69) is 5.32 Å². The van der Waals surface area contributed by atoms with Crippen molar-refractivity contribution in [2.45, 2.75) is 20.4 Å². The van der Waals surface area contributed by atoms with Gasteiger partial charge in [0.2, 0.25) is 0 Å². The van der Waals surface area contributed by atoms with Crippen LogP contribution < -0.4 is 10.1 Å². The van der Waals surface area contributed by atoms with E-state index in [1.54, 1.807) is 11.4 Å². The Bertz CT molecular complexity index is 607. The zero-order valence-electron chi connectivity index (χ0n) is 11.5. The van der Waals surface area contributed by atoms with Crippen LogP contribution in [0.4, 0.5) is 5.69 Å². The summed E-state index contributed by atoms with van der Waals surface area (Å²) in [5.41, 5.74) is 2.40. The van der Waals surface area contributed by atoms with E-state index in [0.29, 0.717) is 18.7 Å². The highest BCUT2D eigenvalue weighted by atomic mass is 32.1. The van der Waals surface area contributed by atoms with Gasteiger partial charge in [0.15, 0.2) is 0 Å². The summed E-state index contributed by atoms with van der Waals surface area (Å²) in [6, 6.07) is 7.67.